The molecule has 3 rings (SSSR count). The lowest BCUT2D eigenvalue weighted by Gasteiger charge is -2.14. The Morgan fingerprint density at radius 2 is 2.08 bits per heavy atom. The summed E-state index contributed by atoms with van der Waals surface area (Å²) in [6.45, 7) is 5.43. The highest BCUT2D eigenvalue weighted by atomic mass is 32.2. The number of nitrogens with zero attached hydrogens (tertiary/aromatic N) is 4. The van der Waals surface area contributed by atoms with Gasteiger partial charge in [0.1, 0.15) is 0 Å². The molecule has 0 unspecified atom stereocenters. The van der Waals surface area contributed by atoms with Gasteiger partial charge in [-0.1, -0.05) is 11.8 Å². The van der Waals surface area contributed by atoms with E-state index < -0.39 is 12.1 Å². The number of hydrogen-bond acceptors (Lipinski definition) is 7. The van der Waals surface area contributed by atoms with Crippen LogP contribution in [-0.4, -0.2) is 49.9 Å². The van der Waals surface area contributed by atoms with E-state index >= 15 is 0 Å². The zero-order chi connectivity index (χ0) is 18.8. The van der Waals surface area contributed by atoms with Crippen LogP contribution in [0.5, 0.6) is 0 Å². The Morgan fingerprint density at radius 3 is 2.73 bits per heavy atom. The summed E-state index contributed by atoms with van der Waals surface area (Å²) in [7, 11) is 0. The number of ether oxygens (including phenoxy) is 1. The first kappa shape index (κ1) is 18.6. The number of rotatable bonds is 7. The van der Waals surface area contributed by atoms with Gasteiger partial charge in [-0.3, -0.25) is 9.59 Å². The summed E-state index contributed by atoms with van der Waals surface area (Å²) < 4.78 is 6.94. The maximum absolute atomic E-state index is 12.1. The molecule has 9 heteroatoms. The number of carbonyl (C=O) groups is 2. The Kier molecular flexibility index (Phi) is 5.45. The van der Waals surface area contributed by atoms with Crippen molar-refractivity contribution in [1.82, 2.24) is 24.9 Å². The summed E-state index contributed by atoms with van der Waals surface area (Å²) in [4.78, 5) is 32.8. The zero-order valence-corrected chi connectivity index (χ0v) is 16.2. The fraction of sp³-hybridized carbons (Fsp3) is 0.588. The summed E-state index contributed by atoms with van der Waals surface area (Å²) in [6.07, 6.45) is 3.80. The number of fused-ring (bicyclic) bond motifs is 1. The first-order valence-electron chi connectivity index (χ1n) is 8.65. The van der Waals surface area contributed by atoms with Crippen molar-refractivity contribution in [3.63, 3.8) is 0 Å². The number of thioether (sulfide) groups is 1. The van der Waals surface area contributed by atoms with Gasteiger partial charge in [0, 0.05) is 23.9 Å². The normalized spacial score (nSPS) is 15.1. The number of esters is 1. The largest absolute Gasteiger partial charge is 0.453 e. The minimum Gasteiger partial charge on any atom is -0.453 e. The van der Waals surface area contributed by atoms with E-state index in [9.17, 15) is 9.59 Å². The summed E-state index contributed by atoms with van der Waals surface area (Å²) in [5, 5.41) is 7.89. The van der Waals surface area contributed by atoms with E-state index in [0.717, 1.165) is 29.8 Å². The van der Waals surface area contributed by atoms with Crippen LogP contribution in [0.4, 0.5) is 0 Å². The van der Waals surface area contributed by atoms with Crippen LogP contribution in [0.2, 0.25) is 0 Å². The van der Waals surface area contributed by atoms with Gasteiger partial charge in [-0.15, -0.1) is 5.10 Å². The van der Waals surface area contributed by atoms with Gasteiger partial charge in [0.2, 0.25) is 5.16 Å². The molecule has 1 saturated carbocycles. The monoisotopic (exact) mass is 377 g/mol. The van der Waals surface area contributed by atoms with Gasteiger partial charge in [-0.25, -0.2) is 9.50 Å². The lowest BCUT2D eigenvalue weighted by molar-refractivity contribution is -0.154. The van der Waals surface area contributed by atoms with E-state index in [0.29, 0.717) is 17.4 Å². The molecule has 2 heterocycles. The van der Waals surface area contributed by atoms with Gasteiger partial charge in [0.25, 0.3) is 11.7 Å². The molecule has 0 aliphatic heterocycles. The van der Waals surface area contributed by atoms with Crippen molar-refractivity contribution in [1.29, 1.82) is 0 Å². The van der Waals surface area contributed by atoms with Crippen LogP contribution in [0.15, 0.2) is 5.16 Å². The van der Waals surface area contributed by atoms with Crippen molar-refractivity contribution >= 4 is 29.4 Å². The number of aryl methyl sites for hydroxylation is 2. The topological polar surface area (TPSA) is 98.5 Å². The van der Waals surface area contributed by atoms with Gasteiger partial charge < -0.3 is 10.1 Å². The standard InChI is InChI=1S/C17H23N5O3S/c1-9-13(10(2)22-16(18-9)20-17(21-22)26-4)7-8-14(23)25-11(3)15(24)19-12-5-6-12/h11-12H,5-8H2,1-4H3,(H,19,24)/t11-/m1/s1. The second-order valence-corrected chi connectivity index (χ2v) is 7.26. The van der Waals surface area contributed by atoms with Crippen LogP contribution < -0.4 is 5.32 Å². The third kappa shape index (κ3) is 4.14. The summed E-state index contributed by atoms with van der Waals surface area (Å²) in [6, 6.07) is 0.251. The van der Waals surface area contributed by atoms with Crippen molar-refractivity contribution in [2.75, 3.05) is 6.26 Å². The van der Waals surface area contributed by atoms with Gasteiger partial charge >= 0.3 is 5.97 Å². The first-order valence-corrected chi connectivity index (χ1v) is 9.88. The Hall–Kier alpha value is -2.16. The SMILES string of the molecule is CSc1nc2nc(C)c(CCC(=O)O[C@H](C)C(=O)NC3CC3)c(C)n2n1. The molecule has 0 saturated heterocycles. The van der Waals surface area contributed by atoms with Gasteiger partial charge in [-0.05, 0) is 51.9 Å². The minimum absolute atomic E-state index is 0.181. The fourth-order valence-corrected chi connectivity index (χ4v) is 3.06. The fourth-order valence-electron chi connectivity index (χ4n) is 2.72. The molecule has 26 heavy (non-hydrogen) atoms. The maximum Gasteiger partial charge on any atom is 0.306 e. The first-order chi connectivity index (χ1) is 12.4. The van der Waals surface area contributed by atoms with Gasteiger partial charge in [0.15, 0.2) is 6.10 Å². The minimum atomic E-state index is -0.773. The average Bonchev–Trinajstić information content (AvgIpc) is 3.30. The zero-order valence-electron chi connectivity index (χ0n) is 15.4. The highest BCUT2D eigenvalue weighted by Gasteiger charge is 2.27. The third-order valence-corrected chi connectivity index (χ3v) is 4.93. The lowest BCUT2D eigenvalue weighted by Crippen LogP contribution is -2.37. The summed E-state index contributed by atoms with van der Waals surface area (Å²) >= 11 is 1.46. The van der Waals surface area contributed by atoms with E-state index in [-0.39, 0.29) is 18.4 Å². The van der Waals surface area contributed by atoms with Crippen molar-refractivity contribution in [2.24, 2.45) is 0 Å². The molecule has 1 aliphatic carbocycles. The molecule has 0 spiro atoms. The molecule has 1 N–H and O–H groups in total. The van der Waals surface area contributed by atoms with Crippen molar-refractivity contribution in [2.45, 2.75) is 63.8 Å². The molecule has 8 nitrogen and oxygen atoms in total. The number of carbonyl (C=O) groups excluding carboxylic acids is 2. The number of nitrogens with one attached hydrogen (secondary N) is 1. The molecule has 1 fully saturated rings. The molecule has 0 bridgehead atoms. The number of hydrogen-bond donors (Lipinski definition) is 1. The molecular formula is C17H23N5O3S. The molecule has 1 amide bonds. The molecule has 2 aromatic rings. The second-order valence-electron chi connectivity index (χ2n) is 6.49. The molecule has 140 valence electrons. The van der Waals surface area contributed by atoms with Crippen LogP contribution in [0, 0.1) is 13.8 Å². The number of amides is 1. The van der Waals surface area contributed by atoms with E-state index in [1.54, 1.807) is 11.4 Å². The van der Waals surface area contributed by atoms with Crippen molar-refractivity contribution < 1.29 is 14.3 Å². The molecular weight excluding hydrogens is 354 g/mol. The molecule has 1 atom stereocenters. The lowest BCUT2D eigenvalue weighted by atomic mass is 10.1. The Labute approximate surface area is 156 Å². The quantitative estimate of drug-likeness (QED) is 0.578. The van der Waals surface area contributed by atoms with Crippen molar-refractivity contribution in [3.8, 4) is 0 Å². The van der Waals surface area contributed by atoms with Crippen LogP contribution in [0.25, 0.3) is 5.78 Å². The second kappa shape index (κ2) is 7.61. The molecule has 0 aromatic carbocycles. The highest BCUT2D eigenvalue weighted by Crippen LogP contribution is 2.20. The average molecular weight is 377 g/mol. The highest BCUT2D eigenvalue weighted by molar-refractivity contribution is 7.98. The van der Waals surface area contributed by atoms with Crippen LogP contribution in [0.3, 0.4) is 0 Å². The molecule has 1 aliphatic rings. The Bertz CT molecular complexity index is 847. The van der Waals surface area contributed by atoms with Crippen LogP contribution in [-0.2, 0) is 20.7 Å². The van der Waals surface area contributed by atoms with Crippen LogP contribution in [0.1, 0.15) is 43.1 Å². The summed E-state index contributed by atoms with van der Waals surface area (Å²) in [5.41, 5.74) is 2.68. The number of aromatic nitrogens is 4. The molecule has 2 aromatic heterocycles. The Balaban J connectivity index is 1.63. The van der Waals surface area contributed by atoms with E-state index in [1.807, 2.05) is 20.1 Å². The van der Waals surface area contributed by atoms with Crippen molar-refractivity contribution in [3.05, 3.63) is 17.0 Å². The van der Waals surface area contributed by atoms with Gasteiger partial charge in [0.05, 0.1) is 0 Å². The van der Waals surface area contributed by atoms with Gasteiger partial charge in [-0.2, -0.15) is 4.98 Å². The van der Waals surface area contributed by atoms with E-state index in [2.05, 4.69) is 20.4 Å². The van der Waals surface area contributed by atoms with E-state index in [4.69, 9.17) is 4.74 Å². The molecule has 0 radical (unpaired) electrons. The maximum atomic E-state index is 12.1. The smallest absolute Gasteiger partial charge is 0.306 e. The predicted molar refractivity (Wildman–Crippen MR) is 97.1 cm³/mol. The Morgan fingerprint density at radius 1 is 1.35 bits per heavy atom. The summed E-state index contributed by atoms with van der Waals surface area (Å²) in [5.74, 6) is -0.0738. The third-order valence-electron chi connectivity index (χ3n) is 4.39. The van der Waals surface area contributed by atoms with Crippen LogP contribution >= 0.6 is 11.8 Å². The predicted octanol–water partition coefficient (Wildman–Crippen LogP) is 1.61. The van der Waals surface area contributed by atoms with E-state index in [1.165, 1.54) is 11.8 Å².